The minimum atomic E-state index is -0.303. The van der Waals surface area contributed by atoms with Gasteiger partial charge in [-0.15, -0.1) is 0 Å². The van der Waals surface area contributed by atoms with Crippen molar-refractivity contribution in [3.8, 4) is 0 Å². The van der Waals surface area contributed by atoms with Crippen LogP contribution in [0.3, 0.4) is 0 Å². The molecular weight excluding hydrogens is 180 g/mol. The van der Waals surface area contributed by atoms with Crippen LogP contribution in [0.15, 0.2) is 23.5 Å². The van der Waals surface area contributed by atoms with E-state index in [0.29, 0.717) is 5.92 Å². The fraction of sp³-hybridized carbons (Fsp3) is 0.545. The molecule has 0 amide bonds. The van der Waals surface area contributed by atoms with Crippen LogP contribution >= 0.6 is 0 Å². The van der Waals surface area contributed by atoms with Crippen molar-refractivity contribution in [2.45, 2.75) is 19.6 Å². The second-order valence-electron chi connectivity index (χ2n) is 3.79. The summed E-state index contributed by atoms with van der Waals surface area (Å²) in [5.41, 5.74) is 2.01. The van der Waals surface area contributed by atoms with Crippen LogP contribution in [0.4, 0.5) is 0 Å². The predicted molar refractivity (Wildman–Crippen MR) is 51.4 cm³/mol. The van der Waals surface area contributed by atoms with E-state index >= 15 is 0 Å². The lowest BCUT2D eigenvalue weighted by Gasteiger charge is -2.32. The monoisotopic (exact) mass is 194 g/mol. The fourth-order valence-corrected chi connectivity index (χ4v) is 2.27. The van der Waals surface area contributed by atoms with Crippen molar-refractivity contribution in [1.82, 2.24) is 0 Å². The Hall–Kier alpha value is -1.09. The highest BCUT2D eigenvalue weighted by atomic mass is 16.7. The molecule has 14 heavy (non-hydrogen) atoms. The normalized spacial score (nSPS) is 35.4. The van der Waals surface area contributed by atoms with Gasteiger partial charge < -0.3 is 9.47 Å². The molecule has 3 unspecified atom stereocenters. The quantitative estimate of drug-likeness (QED) is 0.627. The largest absolute Gasteiger partial charge is 0.472 e. The Labute approximate surface area is 83.4 Å². The molecule has 0 radical (unpaired) electrons. The number of methoxy groups -OCH3 is 1. The Kier molecular flexibility index (Phi) is 2.42. The summed E-state index contributed by atoms with van der Waals surface area (Å²) in [6, 6.07) is 0. The molecule has 3 nitrogen and oxygen atoms in total. The molecule has 2 aliphatic rings. The average Bonchev–Trinajstić information content (AvgIpc) is 2.63. The lowest BCUT2D eigenvalue weighted by Crippen LogP contribution is -2.33. The second kappa shape index (κ2) is 3.58. The molecule has 0 spiro atoms. The van der Waals surface area contributed by atoms with Crippen LogP contribution in [0.1, 0.15) is 13.3 Å². The molecule has 3 heteroatoms. The first-order chi connectivity index (χ1) is 6.77. The zero-order chi connectivity index (χ0) is 10.1. The third-order valence-electron chi connectivity index (χ3n) is 3.06. The van der Waals surface area contributed by atoms with Gasteiger partial charge in [0.1, 0.15) is 6.29 Å². The fourth-order valence-electron chi connectivity index (χ4n) is 2.27. The Bertz CT molecular complexity index is 304. The molecule has 0 aromatic carbocycles. The molecule has 3 atom stereocenters. The number of allylic oxidation sites excluding steroid dienone is 2. The lowest BCUT2D eigenvalue weighted by atomic mass is 9.84. The van der Waals surface area contributed by atoms with Crippen molar-refractivity contribution in [3.63, 3.8) is 0 Å². The first-order valence-corrected chi connectivity index (χ1v) is 4.78. The summed E-state index contributed by atoms with van der Waals surface area (Å²) in [5.74, 6) is 0.469. The summed E-state index contributed by atoms with van der Waals surface area (Å²) in [4.78, 5) is 10.8. The molecule has 0 bridgehead atoms. The lowest BCUT2D eigenvalue weighted by molar-refractivity contribution is -0.131. The maximum absolute atomic E-state index is 10.8. The molecule has 0 fully saturated rings. The van der Waals surface area contributed by atoms with Crippen molar-refractivity contribution in [2.24, 2.45) is 11.8 Å². The van der Waals surface area contributed by atoms with Gasteiger partial charge in [0.25, 0.3) is 0 Å². The summed E-state index contributed by atoms with van der Waals surface area (Å²) in [6.45, 7) is 2.03. The highest BCUT2D eigenvalue weighted by molar-refractivity contribution is 5.75. The van der Waals surface area contributed by atoms with Gasteiger partial charge in [-0.05, 0) is 30.4 Å². The number of carbonyl (C=O) groups is 1. The van der Waals surface area contributed by atoms with Crippen LogP contribution in [0.5, 0.6) is 0 Å². The van der Waals surface area contributed by atoms with E-state index in [2.05, 4.69) is 0 Å². The highest BCUT2D eigenvalue weighted by Crippen LogP contribution is 2.42. The van der Waals surface area contributed by atoms with E-state index in [0.717, 1.165) is 18.3 Å². The summed E-state index contributed by atoms with van der Waals surface area (Å²) >= 11 is 0. The molecule has 1 heterocycles. The van der Waals surface area contributed by atoms with Crippen LogP contribution in [0.25, 0.3) is 0 Å². The van der Waals surface area contributed by atoms with Crippen molar-refractivity contribution in [3.05, 3.63) is 23.5 Å². The van der Waals surface area contributed by atoms with Crippen LogP contribution in [-0.2, 0) is 14.3 Å². The first-order valence-electron chi connectivity index (χ1n) is 4.78. The topological polar surface area (TPSA) is 35.5 Å². The molecular formula is C11H14O3. The standard InChI is InChI=1S/C11H14O3/c1-7-6-14-11(13-2)10-8(5-12)3-4-9(7)10/h3,5-6,9-11H,4H2,1-2H3. The zero-order valence-electron chi connectivity index (χ0n) is 8.40. The molecule has 0 N–H and O–H groups in total. The Morgan fingerprint density at radius 2 is 2.43 bits per heavy atom. The van der Waals surface area contributed by atoms with Crippen LogP contribution in [0, 0.1) is 11.8 Å². The Balaban J connectivity index is 2.28. The summed E-state index contributed by atoms with van der Waals surface area (Å²) < 4.78 is 10.6. The predicted octanol–water partition coefficient (Wildman–Crippen LogP) is 1.65. The van der Waals surface area contributed by atoms with Gasteiger partial charge in [0, 0.05) is 7.11 Å². The Morgan fingerprint density at radius 3 is 3.07 bits per heavy atom. The highest BCUT2D eigenvalue weighted by Gasteiger charge is 2.40. The number of ether oxygens (including phenoxy) is 2. The summed E-state index contributed by atoms with van der Waals surface area (Å²) in [7, 11) is 1.61. The minimum Gasteiger partial charge on any atom is -0.472 e. The van der Waals surface area contributed by atoms with Gasteiger partial charge in [0.2, 0.25) is 6.29 Å². The van der Waals surface area contributed by atoms with Crippen LogP contribution < -0.4 is 0 Å². The van der Waals surface area contributed by atoms with Crippen molar-refractivity contribution >= 4 is 6.29 Å². The van der Waals surface area contributed by atoms with E-state index in [1.165, 1.54) is 5.57 Å². The summed E-state index contributed by atoms with van der Waals surface area (Å²) in [5, 5.41) is 0. The smallest absolute Gasteiger partial charge is 0.206 e. The van der Waals surface area contributed by atoms with Gasteiger partial charge >= 0.3 is 0 Å². The van der Waals surface area contributed by atoms with Gasteiger partial charge in [0.05, 0.1) is 12.2 Å². The van der Waals surface area contributed by atoms with E-state index in [-0.39, 0.29) is 12.2 Å². The van der Waals surface area contributed by atoms with Crippen LogP contribution in [0.2, 0.25) is 0 Å². The minimum absolute atomic E-state index is 0.0856. The van der Waals surface area contributed by atoms with E-state index in [1.54, 1.807) is 13.4 Å². The molecule has 0 saturated carbocycles. The molecule has 2 rings (SSSR count). The molecule has 0 saturated heterocycles. The number of hydrogen-bond acceptors (Lipinski definition) is 3. The van der Waals surface area contributed by atoms with Gasteiger partial charge in [0.15, 0.2) is 0 Å². The van der Waals surface area contributed by atoms with Gasteiger partial charge in [-0.1, -0.05) is 6.08 Å². The number of fused-ring (bicyclic) bond motifs is 1. The van der Waals surface area contributed by atoms with E-state index < -0.39 is 0 Å². The van der Waals surface area contributed by atoms with Gasteiger partial charge in [-0.25, -0.2) is 0 Å². The maximum Gasteiger partial charge on any atom is 0.206 e. The molecule has 1 aliphatic heterocycles. The van der Waals surface area contributed by atoms with Crippen molar-refractivity contribution in [2.75, 3.05) is 7.11 Å². The van der Waals surface area contributed by atoms with Crippen molar-refractivity contribution in [1.29, 1.82) is 0 Å². The third-order valence-corrected chi connectivity index (χ3v) is 3.06. The Morgan fingerprint density at radius 1 is 1.64 bits per heavy atom. The van der Waals surface area contributed by atoms with E-state index in [9.17, 15) is 4.79 Å². The maximum atomic E-state index is 10.8. The third kappa shape index (κ3) is 1.28. The average molecular weight is 194 g/mol. The van der Waals surface area contributed by atoms with Crippen LogP contribution in [-0.4, -0.2) is 19.7 Å². The number of rotatable bonds is 2. The zero-order valence-corrected chi connectivity index (χ0v) is 8.40. The number of carbonyl (C=O) groups excluding carboxylic acids is 1. The van der Waals surface area contributed by atoms with Crippen molar-refractivity contribution < 1.29 is 14.3 Å². The molecule has 0 aromatic heterocycles. The van der Waals surface area contributed by atoms with Gasteiger partial charge in [-0.3, -0.25) is 4.79 Å². The molecule has 76 valence electrons. The SMILES string of the molecule is COC1OC=C(C)C2CC=C(C=O)C12. The number of hydrogen-bond donors (Lipinski definition) is 0. The summed E-state index contributed by atoms with van der Waals surface area (Å²) in [6.07, 6.45) is 5.27. The molecule has 0 aromatic rings. The van der Waals surface area contributed by atoms with Gasteiger partial charge in [-0.2, -0.15) is 0 Å². The second-order valence-corrected chi connectivity index (χ2v) is 3.79. The first kappa shape index (κ1) is 9.46. The molecule has 1 aliphatic carbocycles. The van der Waals surface area contributed by atoms with E-state index in [4.69, 9.17) is 9.47 Å². The number of aldehydes is 1. The van der Waals surface area contributed by atoms with E-state index in [1.807, 2.05) is 13.0 Å².